The van der Waals surface area contributed by atoms with Crippen molar-refractivity contribution in [1.82, 2.24) is 14.6 Å². The molecule has 0 saturated heterocycles. The Hall–Kier alpha value is -2.37. The van der Waals surface area contributed by atoms with Gasteiger partial charge in [0.25, 0.3) is 0 Å². The van der Waals surface area contributed by atoms with Crippen LogP contribution in [0.2, 0.25) is 0 Å². The molecule has 1 aromatic carbocycles. The molecule has 0 aliphatic carbocycles. The van der Waals surface area contributed by atoms with Crippen LogP contribution < -0.4 is 0 Å². The molecule has 0 fully saturated rings. The normalized spacial score (nSPS) is 11.9. The fraction of sp³-hybridized carbons (Fsp3) is 0.0769. The van der Waals surface area contributed by atoms with Gasteiger partial charge < -0.3 is 0 Å². The van der Waals surface area contributed by atoms with Crippen LogP contribution in [0, 0.1) is 0 Å². The first-order valence-electron chi connectivity index (χ1n) is 5.52. The zero-order valence-corrected chi connectivity index (χ0v) is 9.59. The van der Waals surface area contributed by atoms with Crippen LogP contribution in [0.25, 0.3) is 16.9 Å². The van der Waals surface area contributed by atoms with E-state index in [2.05, 4.69) is 10.1 Å². The maximum absolute atomic E-state index is 12.5. The fourth-order valence-electron chi connectivity index (χ4n) is 1.80. The van der Waals surface area contributed by atoms with E-state index in [9.17, 15) is 13.2 Å². The Morgan fingerprint density at radius 2 is 1.68 bits per heavy atom. The predicted octanol–water partition coefficient (Wildman–Crippen LogP) is 3.42. The zero-order valence-electron chi connectivity index (χ0n) is 9.59. The van der Waals surface area contributed by atoms with Crippen molar-refractivity contribution >= 4 is 5.65 Å². The van der Waals surface area contributed by atoms with E-state index in [1.165, 1.54) is 12.1 Å². The molecule has 0 N–H and O–H groups in total. The van der Waals surface area contributed by atoms with Crippen molar-refractivity contribution in [3.8, 4) is 11.3 Å². The van der Waals surface area contributed by atoms with Crippen LogP contribution in [0.1, 0.15) is 5.56 Å². The van der Waals surface area contributed by atoms with Gasteiger partial charge in [0.15, 0.2) is 5.65 Å². The van der Waals surface area contributed by atoms with Crippen LogP contribution in [0.15, 0.2) is 48.8 Å². The van der Waals surface area contributed by atoms with Crippen LogP contribution in [-0.2, 0) is 6.18 Å². The van der Waals surface area contributed by atoms with Crippen LogP contribution in [0.5, 0.6) is 0 Å². The minimum atomic E-state index is -4.32. The number of halogens is 3. The summed E-state index contributed by atoms with van der Waals surface area (Å²) >= 11 is 0. The van der Waals surface area contributed by atoms with E-state index in [0.717, 1.165) is 12.1 Å². The number of alkyl halides is 3. The molecule has 96 valence electrons. The number of fused-ring (bicyclic) bond motifs is 1. The molecule has 2 heterocycles. The first-order chi connectivity index (χ1) is 9.04. The van der Waals surface area contributed by atoms with Gasteiger partial charge in [0, 0.05) is 17.8 Å². The van der Waals surface area contributed by atoms with E-state index in [0.29, 0.717) is 16.9 Å². The van der Waals surface area contributed by atoms with Crippen molar-refractivity contribution in [2.24, 2.45) is 0 Å². The molecule has 0 bridgehead atoms. The number of nitrogens with zero attached hydrogens (tertiary/aromatic N) is 3. The molecule has 0 saturated carbocycles. The molecular weight excluding hydrogens is 255 g/mol. The molecule has 0 spiro atoms. The Balaban J connectivity index is 2.01. The van der Waals surface area contributed by atoms with Crippen molar-refractivity contribution in [3.05, 3.63) is 54.4 Å². The Morgan fingerprint density at radius 1 is 0.947 bits per heavy atom. The minimum absolute atomic E-state index is 0.613. The van der Waals surface area contributed by atoms with Gasteiger partial charge in [-0.25, -0.2) is 9.50 Å². The topological polar surface area (TPSA) is 30.2 Å². The van der Waals surface area contributed by atoms with Crippen LogP contribution in [0.3, 0.4) is 0 Å². The number of hydrogen-bond acceptors (Lipinski definition) is 2. The highest BCUT2D eigenvalue weighted by molar-refractivity contribution is 5.61. The molecule has 0 radical (unpaired) electrons. The molecule has 2 aromatic heterocycles. The van der Waals surface area contributed by atoms with Crippen molar-refractivity contribution in [1.29, 1.82) is 0 Å². The molecule has 3 nitrogen and oxygen atoms in total. The lowest BCUT2D eigenvalue weighted by atomic mass is 10.1. The average Bonchev–Trinajstić information content (AvgIpc) is 2.85. The van der Waals surface area contributed by atoms with Gasteiger partial charge in [0.1, 0.15) is 0 Å². The van der Waals surface area contributed by atoms with Gasteiger partial charge in [0.05, 0.1) is 17.5 Å². The van der Waals surface area contributed by atoms with Gasteiger partial charge >= 0.3 is 6.18 Å². The standard InChI is InChI=1S/C13H8F3N3/c14-13(15,16)10-3-1-9(2-4-10)11-6-8-19-12(18-11)5-7-17-19/h1-8H. The van der Waals surface area contributed by atoms with Gasteiger partial charge in [-0.3, -0.25) is 0 Å². The lowest BCUT2D eigenvalue weighted by molar-refractivity contribution is -0.137. The number of hydrogen-bond donors (Lipinski definition) is 0. The summed E-state index contributed by atoms with van der Waals surface area (Å²) in [4.78, 5) is 4.32. The highest BCUT2D eigenvalue weighted by atomic mass is 19.4. The van der Waals surface area contributed by atoms with Crippen molar-refractivity contribution in [2.45, 2.75) is 6.18 Å². The fourth-order valence-corrected chi connectivity index (χ4v) is 1.80. The number of aromatic nitrogens is 3. The summed E-state index contributed by atoms with van der Waals surface area (Å²) in [6, 6.07) is 8.38. The molecular formula is C13H8F3N3. The van der Waals surface area contributed by atoms with Gasteiger partial charge in [-0.1, -0.05) is 12.1 Å². The van der Waals surface area contributed by atoms with Gasteiger partial charge in [-0.05, 0) is 18.2 Å². The monoisotopic (exact) mass is 263 g/mol. The maximum atomic E-state index is 12.5. The summed E-state index contributed by atoms with van der Waals surface area (Å²) in [6.45, 7) is 0. The number of benzene rings is 1. The van der Waals surface area contributed by atoms with Crippen molar-refractivity contribution in [3.63, 3.8) is 0 Å². The summed E-state index contributed by atoms with van der Waals surface area (Å²) in [5, 5.41) is 4.01. The third-order valence-corrected chi connectivity index (χ3v) is 2.77. The molecule has 19 heavy (non-hydrogen) atoms. The summed E-state index contributed by atoms with van der Waals surface area (Å²) in [5.41, 5.74) is 1.23. The highest BCUT2D eigenvalue weighted by Crippen LogP contribution is 2.30. The second-order valence-electron chi connectivity index (χ2n) is 4.02. The third kappa shape index (κ3) is 2.16. The predicted molar refractivity (Wildman–Crippen MR) is 63.4 cm³/mol. The molecule has 0 aliphatic rings. The lowest BCUT2D eigenvalue weighted by Gasteiger charge is -2.07. The lowest BCUT2D eigenvalue weighted by Crippen LogP contribution is -2.04. The van der Waals surface area contributed by atoms with Gasteiger partial charge in [-0.15, -0.1) is 0 Å². The van der Waals surface area contributed by atoms with E-state index in [4.69, 9.17) is 0 Å². The largest absolute Gasteiger partial charge is 0.416 e. The Morgan fingerprint density at radius 3 is 2.37 bits per heavy atom. The van der Waals surface area contributed by atoms with Gasteiger partial charge in [-0.2, -0.15) is 18.3 Å². The Bertz CT molecular complexity index is 714. The minimum Gasteiger partial charge on any atom is -0.229 e. The molecule has 0 atom stereocenters. The summed E-state index contributed by atoms with van der Waals surface area (Å²) in [6.07, 6.45) is -0.991. The molecule has 3 rings (SSSR count). The SMILES string of the molecule is FC(F)(F)c1ccc(-c2ccn3nccc3n2)cc1. The van der Waals surface area contributed by atoms with E-state index >= 15 is 0 Å². The first-order valence-corrected chi connectivity index (χ1v) is 5.52. The quantitative estimate of drug-likeness (QED) is 0.673. The molecule has 0 aliphatic heterocycles. The van der Waals surface area contributed by atoms with Crippen LogP contribution in [0.4, 0.5) is 13.2 Å². The Kier molecular flexibility index (Phi) is 2.51. The third-order valence-electron chi connectivity index (χ3n) is 2.77. The second kappa shape index (κ2) is 4.08. The van der Waals surface area contributed by atoms with E-state index < -0.39 is 11.7 Å². The van der Waals surface area contributed by atoms with Crippen LogP contribution >= 0.6 is 0 Å². The molecule has 3 aromatic rings. The van der Waals surface area contributed by atoms with Gasteiger partial charge in [0.2, 0.25) is 0 Å². The van der Waals surface area contributed by atoms with Crippen molar-refractivity contribution in [2.75, 3.05) is 0 Å². The number of rotatable bonds is 1. The average molecular weight is 263 g/mol. The molecule has 0 amide bonds. The molecule has 0 unspecified atom stereocenters. The maximum Gasteiger partial charge on any atom is 0.416 e. The highest BCUT2D eigenvalue weighted by Gasteiger charge is 2.29. The van der Waals surface area contributed by atoms with E-state index in [-0.39, 0.29) is 0 Å². The van der Waals surface area contributed by atoms with Crippen molar-refractivity contribution < 1.29 is 13.2 Å². The second-order valence-corrected chi connectivity index (χ2v) is 4.02. The van der Waals surface area contributed by atoms with E-state index in [1.54, 1.807) is 29.0 Å². The summed E-state index contributed by atoms with van der Waals surface area (Å²) in [7, 11) is 0. The van der Waals surface area contributed by atoms with Crippen LogP contribution in [-0.4, -0.2) is 14.6 Å². The smallest absolute Gasteiger partial charge is 0.229 e. The first kappa shape index (κ1) is 11.7. The summed E-state index contributed by atoms with van der Waals surface area (Å²) in [5.74, 6) is 0. The zero-order chi connectivity index (χ0) is 13.5. The molecule has 6 heteroatoms. The van der Waals surface area contributed by atoms with E-state index in [1.807, 2.05) is 0 Å². The Labute approximate surface area is 106 Å². The summed E-state index contributed by atoms with van der Waals surface area (Å²) < 4.78 is 39.0.